The lowest BCUT2D eigenvalue weighted by molar-refractivity contribution is -0.141. The van der Waals surface area contributed by atoms with Crippen LogP contribution in [0.15, 0.2) is 34.8 Å². The molecule has 0 unspecified atom stereocenters. The Labute approximate surface area is 194 Å². The molecule has 2 heterocycles. The summed E-state index contributed by atoms with van der Waals surface area (Å²) in [4.78, 5) is 17.0. The van der Waals surface area contributed by atoms with Crippen LogP contribution in [0.4, 0.5) is 0 Å². The second-order valence-corrected chi connectivity index (χ2v) is 10.4. The molecule has 0 radical (unpaired) electrons. The highest BCUT2D eigenvalue weighted by Crippen LogP contribution is 2.46. The first-order valence-electron chi connectivity index (χ1n) is 10.2. The van der Waals surface area contributed by atoms with E-state index in [2.05, 4.69) is 34.8 Å². The lowest BCUT2D eigenvalue weighted by Gasteiger charge is -2.32. The van der Waals surface area contributed by atoms with Crippen LogP contribution in [0, 0.1) is 0 Å². The molecular formula is C24H23BrClNO4. The number of H-pyrrole nitrogens is 1. The Balaban J connectivity index is 1.54. The number of fused-ring (bicyclic) bond motifs is 4. The number of carbonyl (C=O) groups excluding carboxylic acids is 1. The molecule has 1 fully saturated rings. The van der Waals surface area contributed by atoms with Crippen LogP contribution in [0.3, 0.4) is 0 Å². The molecule has 2 aliphatic rings. The molecule has 1 aliphatic heterocycles. The maximum Gasteiger partial charge on any atom is 0.195 e. The van der Waals surface area contributed by atoms with E-state index in [9.17, 15) is 4.79 Å². The van der Waals surface area contributed by atoms with E-state index < -0.39 is 11.2 Å². The Kier molecular flexibility index (Phi) is 4.79. The molecule has 7 heteroatoms. The highest BCUT2D eigenvalue weighted by Gasteiger charge is 2.40. The maximum absolute atomic E-state index is 13.5. The van der Waals surface area contributed by atoms with Crippen LogP contribution in [0.25, 0.3) is 10.9 Å². The molecule has 1 aromatic heterocycles. The fraction of sp³-hybridized carbons (Fsp3) is 0.375. The highest BCUT2D eigenvalue weighted by molar-refractivity contribution is 9.10. The van der Waals surface area contributed by atoms with Crippen LogP contribution in [0.5, 0.6) is 5.75 Å². The number of halogens is 2. The normalized spacial score (nSPS) is 21.2. The number of ether oxygens (including phenoxy) is 3. The average molecular weight is 505 g/mol. The molecule has 0 spiro atoms. The first kappa shape index (κ1) is 21.0. The molecule has 0 bridgehead atoms. The van der Waals surface area contributed by atoms with Crippen molar-refractivity contribution in [3.05, 3.63) is 62.2 Å². The Morgan fingerprint density at radius 3 is 2.71 bits per heavy atom. The SMILES string of the molecule is CC1(C)OC[C@@H](COc2cc3c(cc2Br)C(=O)c2c([nH]c4cc(Cl)ccc24)C3(C)C)O1. The number of hydrogen-bond donors (Lipinski definition) is 1. The summed E-state index contributed by atoms with van der Waals surface area (Å²) in [5.41, 5.74) is 3.65. The standard InChI is InChI=1S/C24H23BrClNO4/c1-23(2)16-9-19(29-10-13-11-30-24(3,4)31-13)17(25)8-15(16)21(28)20-14-6-5-12(26)7-18(14)27-22(20)23/h5-9,13,27H,10-11H2,1-4H3/t13-/m1/s1. The van der Waals surface area contributed by atoms with Gasteiger partial charge in [-0.1, -0.05) is 31.5 Å². The summed E-state index contributed by atoms with van der Waals surface area (Å²) < 4.78 is 18.3. The van der Waals surface area contributed by atoms with E-state index in [4.69, 9.17) is 25.8 Å². The van der Waals surface area contributed by atoms with Crippen LogP contribution in [-0.2, 0) is 14.9 Å². The number of aromatic nitrogens is 1. The fourth-order valence-electron chi connectivity index (χ4n) is 4.54. The van der Waals surface area contributed by atoms with Crippen LogP contribution in [0.1, 0.15) is 54.9 Å². The van der Waals surface area contributed by atoms with Crippen molar-refractivity contribution >= 4 is 44.2 Å². The molecular weight excluding hydrogens is 482 g/mol. The second-order valence-electron chi connectivity index (χ2n) is 9.11. The molecule has 162 valence electrons. The number of benzene rings is 2. The summed E-state index contributed by atoms with van der Waals surface area (Å²) in [5, 5.41) is 1.52. The Bertz CT molecular complexity index is 1230. The van der Waals surface area contributed by atoms with Crippen LogP contribution < -0.4 is 4.74 Å². The molecule has 1 saturated heterocycles. The number of ketones is 1. The van der Waals surface area contributed by atoms with Crippen molar-refractivity contribution in [2.45, 2.75) is 45.0 Å². The minimum atomic E-state index is -0.593. The van der Waals surface area contributed by atoms with Gasteiger partial charge in [-0.15, -0.1) is 0 Å². The van der Waals surface area contributed by atoms with E-state index in [1.54, 1.807) is 0 Å². The maximum atomic E-state index is 13.5. The van der Waals surface area contributed by atoms with Gasteiger partial charge in [0.1, 0.15) is 18.5 Å². The zero-order valence-electron chi connectivity index (χ0n) is 17.8. The molecule has 0 saturated carbocycles. The number of rotatable bonds is 3. The molecule has 5 nitrogen and oxygen atoms in total. The first-order valence-corrected chi connectivity index (χ1v) is 11.4. The predicted molar refractivity (Wildman–Crippen MR) is 123 cm³/mol. The van der Waals surface area contributed by atoms with Gasteiger partial charge >= 0.3 is 0 Å². The summed E-state index contributed by atoms with van der Waals surface area (Å²) in [7, 11) is 0. The minimum Gasteiger partial charge on any atom is -0.490 e. The second kappa shape index (κ2) is 7.07. The van der Waals surface area contributed by atoms with Gasteiger partial charge in [-0.3, -0.25) is 4.79 Å². The lowest BCUT2D eigenvalue weighted by Crippen LogP contribution is -2.30. The average Bonchev–Trinajstić information content (AvgIpc) is 3.25. The Hall–Kier alpha value is -1.86. The van der Waals surface area contributed by atoms with E-state index in [0.29, 0.717) is 35.1 Å². The summed E-state index contributed by atoms with van der Waals surface area (Å²) >= 11 is 9.77. The molecule has 1 aliphatic carbocycles. The summed E-state index contributed by atoms with van der Waals surface area (Å²) in [6.07, 6.45) is -0.141. The van der Waals surface area contributed by atoms with Gasteiger partial charge in [0.05, 0.1) is 16.6 Å². The minimum absolute atomic E-state index is 0.000534. The third-order valence-electron chi connectivity index (χ3n) is 6.09. The molecule has 31 heavy (non-hydrogen) atoms. The van der Waals surface area contributed by atoms with Crippen molar-refractivity contribution in [1.82, 2.24) is 4.98 Å². The summed E-state index contributed by atoms with van der Waals surface area (Å²) in [5.74, 6) is 0.0831. The third kappa shape index (κ3) is 3.41. The molecule has 1 N–H and O–H groups in total. The van der Waals surface area contributed by atoms with Crippen molar-refractivity contribution in [3.8, 4) is 5.75 Å². The van der Waals surface area contributed by atoms with Crippen molar-refractivity contribution in [2.75, 3.05) is 13.2 Å². The summed E-state index contributed by atoms with van der Waals surface area (Å²) in [6, 6.07) is 9.40. The molecule has 1 atom stereocenters. The van der Waals surface area contributed by atoms with E-state index in [0.717, 1.165) is 26.6 Å². The number of carbonyl (C=O) groups is 1. The van der Waals surface area contributed by atoms with Gasteiger partial charge in [-0.05, 0) is 59.6 Å². The van der Waals surface area contributed by atoms with Crippen molar-refractivity contribution in [3.63, 3.8) is 0 Å². The van der Waals surface area contributed by atoms with E-state index >= 15 is 0 Å². The third-order valence-corrected chi connectivity index (χ3v) is 6.95. The van der Waals surface area contributed by atoms with Crippen molar-refractivity contribution in [1.29, 1.82) is 0 Å². The van der Waals surface area contributed by atoms with E-state index in [-0.39, 0.29) is 11.9 Å². The molecule has 0 amide bonds. The smallest absolute Gasteiger partial charge is 0.195 e. The van der Waals surface area contributed by atoms with Crippen molar-refractivity contribution in [2.24, 2.45) is 0 Å². The van der Waals surface area contributed by atoms with Gasteiger partial charge in [0, 0.05) is 32.6 Å². The number of hydrogen-bond acceptors (Lipinski definition) is 4. The first-order chi connectivity index (χ1) is 14.6. The Morgan fingerprint density at radius 1 is 1.23 bits per heavy atom. The van der Waals surface area contributed by atoms with E-state index in [1.165, 1.54) is 0 Å². The topological polar surface area (TPSA) is 60.5 Å². The predicted octanol–water partition coefficient (Wildman–Crippen LogP) is 5.98. The quantitative estimate of drug-likeness (QED) is 0.476. The van der Waals surface area contributed by atoms with Gasteiger partial charge in [-0.2, -0.15) is 0 Å². The van der Waals surface area contributed by atoms with Gasteiger partial charge in [0.2, 0.25) is 0 Å². The van der Waals surface area contributed by atoms with E-state index in [1.807, 2.05) is 44.2 Å². The van der Waals surface area contributed by atoms with Gasteiger partial charge < -0.3 is 19.2 Å². The van der Waals surface area contributed by atoms with Gasteiger partial charge in [-0.25, -0.2) is 0 Å². The van der Waals surface area contributed by atoms with Crippen LogP contribution in [-0.4, -0.2) is 35.9 Å². The Morgan fingerprint density at radius 2 is 2.00 bits per heavy atom. The monoisotopic (exact) mass is 503 g/mol. The van der Waals surface area contributed by atoms with Gasteiger partial charge in [0.25, 0.3) is 0 Å². The molecule has 5 rings (SSSR count). The van der Waals surface area contributed by atoms with Crippen LogP contribution in [0.2, 0.25) is 5.02 Å². The fourth-order valence-corrected chi connectivity index (χ4v) is 5.17. The van der Waals surface area contributed by atoms with Gasteiger partial charge in [0.15, 0.2) is 11.6 Å². The van der Waals surface area contributed by atoms with Crippen molar-refractivity contribution < 1.29 is 19.0 Å². The number of nitrogens with one attached hydrogen (secondary N) is 1. The highest BCUT2D eigenvalue weighted by atomic mass is 79.9. The molecule has 3 aromatic rings. The lowest BCUT2D eigenvalue weighted by atomic mass is 9.71. The zero-order valence-corrected chi connectivity index (χ0v) is 20.1. The zero-order chi connectivity index (χ0) is 22.1. The molecule has 2 aromatic carbocycles. The van der Waals surface area contributed by atoms with Crippen LogP contribution >= 0.6 is 27.5 Å². The number of aromatic amines is 1. The summed E-state index contributed by atoms with van der Waals surface area (Å²) in [6.45, 7) is 8.86. The largest absolute Gasteiger partial charge is 0.490 e.